The van der Waals surface area contributed by atoms with Crippen molar-refractivity contribution >= 4 is 12.0 Å². The van der Waals surface area contributed by atoms with Crippen LogP contribution in [0.1, 0.15) is 11.1 Å². The Hall–Kier alpha value is -1.72. The van der Waals surface area contributed by atoms with Crippen LogP contribution < -0.4 is 0 Å². The molecule has 1 aliphatic rings. The lowest BCUT2D eigenvalue weighted by atomic mass is 10.1. The molecule has 1 aromatic rings. The Kier molecular flexibility index (Phi) is 4.65. The molecule has 0 atom stereocenters. The van der Waals surface area contributed by atoms with Gasteiger partial charge in [0.15, 0.2) is 0 Å². The molecule has 1 saturated heterocycles. The minimum Gasteiger partial charge on any atom is -0.478 e. The van der Waals surface area contributed by atoms with Gasteiger partial charge < -0.3 is 9.84 Å². The molecule has 0 amide bonds. The highest BCUT2D eigenvalue weighted by atomic mass is 19.1. The van der Waals surface area contributed by atoms with Crippen molar-refractivity contribution in [1.29, 1.82) is 0 Å². The Labute approximate surface area is 111 Å². The van der Waals surface area contributed by atoms with E-state index in [1.165, 1.54) is 12.1 Å². The maximum absolute atomic E-state index is 13.5. The summed E-state index contributed by atoms with van der Waals surface area (Å²) in [7, 11) is 0. The molecule has 1 N–H and O–H groups in total. The first-order valence-corrected chi connectivity index (χ1v) is 6.15. The number of morpholine rings is 1. The van der Waals surface area contributed by atoms with Gasteiger partial charge in [-0.15, -0.1) is 0 Å². The van der Waals surface area contributed by atoms with Crippen LogP contribution in [0.3, 0.4) is 0 Å². The van der Waals surface area contributed by atoms with E-state index in [0.717, 1.165) is 31.3 Å². The van der Waals surface area contributed by atoms with Crippen molar-refractivity contribution in [2.45, 2.75) is 6.54 Å². The molecule has 0 spiro atoms. The number of hydrogen-bond donors (Lipinski definition) is 1. The smallest absolute Gasteiger partial charge is 0.328 e. The van der Waals surface area contributed by atoms with Crippen molar-refractivity contribution < 1.29 is 19.0 Å². The largest absolute Gasteiger partial charge is 0.478 e. The van der Waals surface area contributed by atoms with Crippen molar-refractivity contribution in [2.24, 2.45) is 0 Å². The lowest BCUT2D eigenvalue weighted by molar-refractivity contribution is -0.131. The van der Waals surface area contributed by atoms with Crippen molar-refractivity contribution in [3.63, 3.8) is 0 Å². The molecule has 1 heterocycles. The number of ether oxygens (including phenoxy) is 1. The molecule has 102 valence electrons. The van der Waals surface area contributed by atoms with E-state index in [4.69, 9.17) is 9.84 Å². The summed E-state index contributed by atoms with van der Waals surface area (Å²) >= 11 is 0. The van der Waals surface area contributed by atoms with Crippen LogP contribution in [0.2, 0.25) is 0 Å². The van der Waals surface area contributed by atoms with Gasteiger partial charge in [0.05, 0.1) is 13.2 Å². The van der Waals surface area contributed by atoms with Crippen LogP contribution in [0.25, 0.3) is 6.08 Å². The predicted molar refractivity (Wildman–Crippen MR) is 69.2 cm³/mol. The minimum absolute atomic E-state index is 0.299. The molecule has 0 unspecified atom stereocenters. The summed E-state index contributed by atoms with van der Waals surface area (Å²) in [6.45, 7) is 3.87. The van der Waals surface area contributed by atoms with Crippen LogP contribution in [0.5, 0.6) is 0 Å². The standard InChI is InChI=1S/C14H16FNO3/c15-13-3-1-11(9-12(13)2-4-14(17)18)10-16-5-7-19-8-6-16/h1-4,9H,5-8,10H2,(H,17,18)/b4-2+. The molecule has 2 rings (SSSR count). The van der Waals surface area contributed by atoms with Gasteiger partial charge in [-0.3, -0.25) is 4.90 Å². The second-order valence-electron chi connectivity index (χ2n) is 4.42. The lowest BCUT2D eigenvalue weighted by Gasteiger charge is -2.26. The quantitative estimate of drug-likeness (QED) is 0.843. The second kappa shape index (κ2) is 6.45. The van der Waals surface area contributed by atoms with E-state index >= 15 is 0 Å². The van der Waals surface area contributed by atoms with E-state index in [2.05, 4.69) is 4.90 Å². The third-order valence-corrected chi connectivity index (χ3v) is 2.98. The number of hydrogen-bond acceptors (Lipinski definition) is 3. The number of nitrogens with zero attached hydrogens (tertiary/aromatic N) is 1. The average Bonchev–Trinajstić information content (AvgIpc) is 2.40. The first-order chi connectivity index (χ1) is 9.15. The van der Waals surface area contributed by atoms with Crippen LogP contribution in [0.4, 0.5) is 4.39 Å². The van der Waals surface area contributed by atoms with Crippen molar-refractivity contribution in [1.82, 2.24) is 4.90 Å². The van der Waals surface area contributed by atoms with Gasteiger partial charge in [0.2, 0.25) is 0 Å². The third kappa shape index (κ3) is 4.15. The van der Waals surface area contributed by atoms with Crippen molar-refractivity contribution in [2.75, 3.05) is 26.3 Å². The first-order valence-electron chi connectivity index (χ1n) is 6.15. The van der Waals surface area contributed by atoms with Gasteiger partial charge in [-0.05, 0) is 23.8 Å². The number of halogens is 1. The third-order valence-electron chi connectivity index (χ3n) is 2.98. The molecular formula is C14H16FNO3. The molecule has 4 nitrogen and oxygen atoms in total. The number of carbonyl (C=O) groups is 1. The highest BCUT2D eigenvalue weighted by molar-refractivity contribution is 5.85. The Morgan fingerprint density at radius 1 is 1.42 bits per heavy atom. The molecule has 0 aliphatic carbocycles. The number of carboxylic acids is 1. The Morgan fingerprint density at radius 3 is 2.84 bits per heavy atom. The van der Waals surface area contributed by atoms with Gasteiger partial charge in [0.25, 0.3) is 0 Å². The maximum atomic E-state index is 13.5. The first kappa shape index (κ1) is 13.7. The van der Waals surface area contributed by atoms with Gasteiger partial charge in [-0.2, -0.15) is 0 Å². The maximum Gasteiger partial charge on any atom is 0.328 e. The van der Waals surface area contributed by atoms with E-state index in [0.29, 0.717) is 18.8 Å². The number of benzene rings is 1. The van der Waals surface area contributed by atoms with Crippen LogP contribution in [-0.4, -0.2) is 42.3 Å². The fraction of sp³-hybridized carbons (Fsp3) is 0.357. The van der Waals surface area contributed by atoms with Crippen LogP contribution >= 0.6 is 0 Å². The summed E-state index contributed by atoms with van der Waals surface area (Å²) in [4.78, 5) is 12.7. The zero-order valence-corrected chi connectivity index (χ0v) is 10.5. The summed E-state index contributed by atoms with van der Waals surface area (Å²) in [6.07, 6.45) is 2.22. The fourth-order valence-electron chi connectivity index (χ4n) is 2.00. The summed E-state index contributed by atoms with van der Waals surface area (Å²) in [5.74, 6) is -1.50. The molecule has 1 aliphatic heterocycles. The molecule has 0 aromatic heterocycles. The average molecular weight is 265 g/mol. The Morgan fingerprint density at radius 2 is 2.16 bits per heavy atom. The summed E-state index contributed by atoms with van der Waals surface area (Å²) in [5, 5.41) is 8.56. The summed E-state index contributed by atoms with van der Waals surface area (Å²) in [6, 6.07) is 4.78. The number of carboxylic acid groups (broad SMARTS) is 1. The second-order valence-corrected chi connectivity index (χ2v) is 4.42. The van der Waals surface area contributed by atoms with Gasteiger partial charge in [-0.25, -0.2) is 9.18 Å². The Balaban J connectivity index is 2.08. The van der Waals surface area contributed by atoms with Crippen molar-refractivity contribution in [3.05, 3.63) is 41.2 Å². The molecule has 1 fully saturated rings. The van der Waals surface area contributed by atoms with Crippen LogP contribution in [0, 0.1) is 5.82 Å². The SMILES string of the molecule is O=C(O)/C=C/c1cc(CN2CCOCC2)ccc1F. The van der Waals surface area contributed by atoms with Gasteiger partial charge in [0, 0.05) is 31.3 Å². The zero-order chi connectivity index (χ0) is 13.7. The van der Waals surface area contributed by atoms with Gasteiger partial charge in [0.1, 0.15) is 5.82 Å². The molecule has 0 bridgehead atoms. The van der Waals surface area contributed by atoms with Crippen LogP contribution in [0.15, 0.2) is 24.3 Å². The van der Waals surface area contributed by atoms with Gasteiger partial charge >= 0.3 is 5.97 Å². The van der Waals surface area contributed by atoms with Crippen molar-refractivity contribution in [3.8, 4) is 0 Å². The van der Waals surface area contributed by atoms with Gasteiger partial charge in [-0.1, -0.05) is 6.07 Å². The zero-order valence-electron chi connectivity index (χ0n) is 10.5. The van der Waals surface area contributed by atoms with E-state index in [1.54, 1.807) is 12.1 Å². The highest BCUT2D eigenvalue weighted by Crippen LogP contribution is 2.14. The molecule has 19 heavy (non-hydrogen) atoms. The van der Waals surface area contributed by atoms with Crippen LogP contribution in [-0.2, 0) is 16.1 Å². The minimum atomic E-state index is -1.09. The summed E-state index contributed by atoms with van der Waals surface area (Å²) < 4.78 is 18.8. The lowest BCUT2D eigenvalue weighted by Crippen LogP contribution is -2.35. The van der Waals surface area contributed by atoms with E-state index in [9.17, 15) is 9.18 Å². The normalized spacial score (nSPS) is 16.9. The van der Waals surface area contributed by atoms with E-state index in [1.807, 2.05) is 0 Å². The molecule has 1 aromatic carbocycles. The predicted octanol–water partition coefficient (Wildman–Crippen LogP) is 1.76. The topological polar surface area (TPSA) is 49.8 Å². The summed E-state index contributed by atoms with van der Waals surface area (Å²) in [5.41, 5.74) is 1.27. The Bertz CT molecular complexity index is 482. The number of rotatable bonds is 4. The fourth-order valence-corrected chi connectivity index (χ4v) is 2.00. The van der Waals surface area contributed by atoms with E-state index < -0.39 is 11.8 Å². The molecular weight excluding hydrogens is 249 g/mol. The monoisotopic (exact) mass is 265 g/mol. The molecule has 0 saturated carbocycles. The molecule has 0 radical (unpaired) electrons. The number of aliphatic carboxylic acids is 1. The highest BCUT2D eigenvalue weighted by Gasteiger charge is 2.11. The van der Waals surface area contributed by atoms with E-state index in [-0.39, 0.29) is 0 Å². The molecule has 5 heteroatoms.